The van der Waals surface area contributed by atoms with Crippen LogP contribution in [0.1, 0.15) is 71.6 Å². The zero-order chi connectivity index (χ0) is 47.2. The molecule has 0 radical (unpaired) electrons. The molecule has 0 saturated carbocycles. The first-order chi connectivity index (χ1) is 29.6. The third-order valence-electron chi connectivity index (χ3n) is 9.10. The summed E-state index contributed by atoms with van der Waals surface area (Å²) in [6.45, 7) is 10.0. The number of hydrogen-bond donors (Lipinski definition) is 8. The van der Waals surface area contributed by atoms with Crippen molar-refractivity contribution in [2.45, 2.75) is 79.3 Å². The highest BCUT2D eigenvalue weighted by Gasteiger charge is 2.36. The molecule has 0 aliphatic rings. The van der Waals surface area contributed by atoms with Crippen LogP contribution in [-0.4, -0.2) is 107 Å². The molecule has 1 atom stereocenters. The highest BCUT2D eigenvalue weighted by molar-refractivity contribution is 7.99. The Morgan fingerprint density at radius 3 is 2.11 bits per heavy atom. The van der Waals surface area contributed by atoms with E-state index in [-0.39, 0.29) is 49.4 Å². The Morgan fingerprint density at radius 2 is 1.48 bits per heavy atom. The van der Waals surface area contributed by atoms with Crippen LogP contribution in [0.15, 0.2) is 60.8 Å². The zero-order valence-corrected chi connectivity index (χ0v) is 37.3. The van der Waals surface area contributed by atoms with Crippen LogP contribution >= 0.6 is 11.8 Å². The molecule has 0 saturated heterocycles. The number of benzene rings is 2. The smallest absolute Gasteiger partial charge is 0.318 e. The number of thioether (sulfide) groups is 1. The third kappa shape index (κ3) is 20.7. The minimum atomic E-state index is -1.71. The number of aliphatic carboxylic acids is 2. The number of halogens is 2. The SMILES string of the molecule is CC(C)(C(=O)O)C(=O)NCC(=O)NCCNC(=O)[C@H](CCC(=O)O)NC(=O)CCSCC(=O)NCCCN.CC(C)(C)Cc1cc(-c2cc(F)ccc2F)cn1Cc1ccccc1. The van der Waals surface area contributed by atoms with Crippen molar-refractivity contribution >= 4 is 53.2 Å². The summed E-state index contributed by atoms with van der Waals surface area (Å²) in [6, 6.07) is 14.6. The molecule has 19 heteroatoms. The van der Waals surface area contributed by atoms with Crippen LogP contribution in [0.2, 0.25) is 0 Å². The first-order valence-corrected chi connectivity index (χ1v) is 21.6. The molecule has 0 unspecified atom stereocenters. The zero-order valence-electron chi connectivity index (χ0n) is 36.5. The predicted molar refractivity (Wildman–Crippen MR) is 236 cm³/mol. The molecule has 0 aliphatic heterocycles. The van der Waals surface area contributed by atoms with Crippen molar-refractivity contribution in [3.63, 3.8) is 0 Å². The van der Waals surface area contributed by atoms with Crippen molar-refractivity contribution < 1.29 is 52.6 Å². The van der Waals surface area contributed by atoms with Crippen molar-refractivity contribution in [2.24, 2.45) is 16.6 Å². The lowest BCUT2D eigenvalue weighted by atomic mass is 9.90. The van der Waals surface area contributed by atoms with Gasteiger partial charge in [0.1, 0.15) is 23.1 Å². The van der Waals surface area contributed by atoms with E-state index in [2.05, 4.69) is 64.1 Å². The molecule has 0 bridgehead atoms. The van der Waals surface area contributed by atoms with Crippen molar-refractivity contribution in [3.05, 3.63) is 83.7 Å². The Morgan fingerprint density at radius 1 is 0.810 bits per heavy atom. The summed E-state index contributed by atoms with van der Waals surface area (Å²) in [6.07, 6.45) is 2.94. The lowest BCUT2D eigenvalue weighted by Gasteiger charge is -2.19. The number of nitrogens with zero attached hydrogens (tertiary/aromatic N) is 1. The van der Waals surface area contributed by atoms with Crippen molar-refractivity contribution in [1.82, 2.24) is 31.2 Å². The molecule has 0 aliphatic carbocycles. The molecule has 3 aromatic rings. The van der Waals surface area contributed by atoms with Crippen LogP contribution < -0.4 is 32.3 Å². The average molecular weight is 902 g/mol. The van der Waals surface area contributed by atoms with E-state index in [4.69, 9.17) is 15.9 Å². The van der Waals surface area contributed by atoms with Gasteiger partial charge in [0, 0.05) is 67.8 Å². The number of aromatic nitrogens is 1. The van der Waals surface area contributed by atoms with Gasteiger partial charge >= 0.3 is 11.9 Å². The van der Waals surface area contributed by atoms with Crippen LogP contribution in [0.4, 0.5) is 8.78 Å². The van der Waals surface area contributed by atoms with Crippen LogP contribution in [0.5, 0.6) is 0 Å². The second kappa shape index (κ2) is 26.6. The lowest BCUT2D eigenvalue weighted by molar-refractivity contribution is -0.154. The summed E-state index contributed by atoms with van der Waals surface area (Å²) in [5.41, 5.74) is 7.07. The van der Waals surface area contributed by atoms with Gasteiger partial charge in [-0.2, -0.15) is 11.8 Å². The molecule has 16 nitrogen and oxygen atoms in total. The number of hydrogen-bond acceptors (Lipinski definition) is 9. The van der Waals surface area contributed by atoms with Crippen molar-refractivity contribution in [2.75, 3.05) is 44.2 Å². The number of carboxylic acids is 2. The minimum absolute atomic E-state index is 0.0120. The number of nitrogens with two attached hydrogens (primary N) is 1. The summed E-state index contributed by atoms with van der Waals surface area (Å²) < 4.78 is 29.9. The van der Waals surface area contributed by atoms with Gasteiger partial charge < -0.3 is 47.1 Å². The van der Waals surface area contributed by atoms with Gasteiger partial charge in [0.15, 0.2) is 0 Å². The third-order valence-corrected chi connectivity index (χ3v) is 10.1. The largest absolute Gasteiger partial charge is 0.481 e. The normalized spacial score (nSPS) is 11.6. The Bertz CT molecular complexity index is 2010. The van der Waals surface area contributed by atoms with Gasteiger partial charge in [-0.25, -0.2) is 8.78 Å². The molecule has 2 aromatic carbocycles. The molecule has 1 heterocycles. The Kier molecular flexibility index (Phi) is 22.5. The highest BCUT2D eigenvalue weighted by atomic mass is 32.2. The fourth-order valence-corrected chi connectivity index (χ4v) is 6.37. The number of amides is 5. The Hall–Kier alpha value is -5.82. The number of carbonyl (C=O) groups excluding carboxylic acids is 5. The maximum atomic E-state index is 14.2. The molecule has 0 fully saturated rings. The van der Waals surface area contributed by atoms with Gasteiger partial charge in [0.2, 0.25) is 29.5 Å². The number of carboxylic acid groups (broad SMARTS) is 2. The first kappa shape index (κ1) is 53.3. The van der Waals surface area contributed by atoms with Crippen molar-refractivity contribution in [3.8, 4) is 11.1 Å². The van der Waals surface area contributed by atoms with E-state index in [1.807, 2.05) is 30.5 Å². The summed E-state index contributed by atoms with van der Waals surface area (Å²) in [5, 5.41) is 30.2. The van der Waals surface area contributed by atoms with Gasteiger partial charge in [-0.05, 0) is 74.9 Å². The molecule has 1 aromatic heterocycles. The van der Waals surface area contributed by atoms with Gasteiger partial charge in [0.25, 0.3) is 0 Å². The fraction of sp³-hybridized carbons (Fsp3) is 0.477. The predicted octanol–water partition coefficient (Wildman–Crippen LogP) is 3.45. The van der Waals surface area contributed by atoms with Crippen molar-refractivity contribution in [1.29, 1.82) is 0 Å². The van der Waals surface area contributed by atoms with Crippen LogP contribution in [0.25, 0.3) is 11.1 Å². The van der Waals surface area contributed by atoms with E-state index < -0.39 is 65.2 Å². The molecule has 5 amide bonds. The highest BCUT2D eigenvalue weighted by Crippen LogP contribution is 2.30. The van der Waals surface area contributed by atoms with Crippen LogP contribution in [-0.2, 0) is 46.5 Å². The quantitative estimate of drug-likeness (QED) is 0.0478. The van der Waals surface area contributed by atoms with E-state index in [0.29, 0.717) is 42.9 Å². The monoisotopic (exact) mass is 901 g/mol. The molecule has 63 heavy (non-hydrogen) atoms. The summed E-state index contributed by atoms with van der Waals surface area (Å²) in [7, 11) is 0. The van der Waals surface area contributed by atoms with E-state index in [9.17, 15) is 42.3 Å². The summed E-state index contributed by atoms with van der Waals surface area (Å²) >= 11 is 1.24. The number of rotatable bonds is 24. The minimum Gasteiger partial charge on any atom is -0.481 e. The molecule has 346 valence electrons. The Balaban J connectivity index is 0.000000467. The van der Waals surface area contributed by atoms with Gasteiger partial charge in [-0.1, -0.05) is 51.1 Å². The second-order valence-electron chi connectivity index (χ2n) is 16.3. The molecule has 3 rings (SSSR count). The average Bonchev–Trinajstić information content (AvgIpc) is 3.59. The van der Waals surface area contributed by atoms with E-state index in [1.165, 1.54) is 43.3 Å². The fourth-order valence-electron chi connectivity index (χ4n) is 5.61. The summed E-state index contributed by atoms with van der Waals surface area (Å²) in [4.78, 5) is 81.9. The van der Waals surface area contributed by atoms with Gasteiger partial charge in [0.05, 0.1) is 12.3 Å². The first-order valence-electron chi connectivity index (χ1n) is 20.4. The second-order valence-corrected chi connectivity index (χ2v) is 17.4. The van der Waals surface area contributed by atoms with E-state index >= 15 is 0 Å². The molecular weight excluding hydrogens is 841 g/mol. The van der Waals surface area contributed by atoms with Gasteiger partial charge in [-0.3, -0.25) is 33.6 Å². The molecule has 0 spiro atoms. The van der Waals surface area contributed by atoms with Crippen LogP contribution in [0, 0.1) is 22.5 Å². The lowest BCUT2D eigenvalue weighted by Crippen LogP contribution is -2.49. The van der Waals surface area contributed by atoms with E-state index in [0.717, 1.165) is 18.2 Å². The molecule has 9 N–H and O–H groups in total. The van der Waals surface area contributed by atoms with Gasteiger partial charge in [-0.15, -0.1) is 0 Å². The Labute approximate surface area is 370 Å². The maximum Gasteiger partial charge on any atom is 0.318 e. The number of carbonyl (C=O) groups is 7. The standard InChI is InChI=1S/C22H23F2N.C22H38N6O9S/c1-22(2,3)13-19-11-17(20-12-18(23)9-10-21(20)24)15-25(19)14-16-7-5-4-6-8-16;1-22(2,21(36)37)20(35)27-12-16(30)25-9-10-26-19(34)14(4-5-18(32)33)28-15(29)6-11-38-13-17(31)24-8-3-7-23/h4-12,15H,13-14H2,1-3H3;14H,3-13,23H2,1-2H3,(H,24,31)(H,25,30)(H,26,34)(H,27,35)(H,28,29)(H,32,33)(H,36,37)/t;14-/m.0/s1. The van der Waals surface area contributed by atoms with E-state index in [1.54, 1.807) is 0 Å². The maximum absolute atomic E-state index is 14.2. The summed E-state index contributed by atoms with van der Waals surface area (Å²) in [5.74, 6) is -5.60. The topological polar surface area (TPSA) is 251 Å². The molecular formula is C44H61F2N7O9S. The number of nitrogens with one attached hydrogen (secondary N) is 5. The van der Waals surface area contributed by atoms with Crippen LogP contribution in [0.3, 0.4) is 0 Å².